The third-order valence-corrected chi connectivity index (χ3v) is 1.57. The lowest BCUT2D eigenvalue weighted by Gasteiger charge is -1.99. The normalized spacial score (nSPS) is 10.0. The zero-order valence-corrected chi connectivity index (χ0v) is 9.16. The molecule has 0 heterocycles. The van der Waals surface area contributed by atoms with Gasteiger partial charge in [-0.2, -0.15) is 0 Å². The predicted octanol–water partition coefficient (Wildman–Crippen LogP) is -1.31. The minimum absolute atomic E-state index is 0.0380. The number of anilines is 1. The van der Waals surface area contributed by atoms with Crippen LogP contribution in [0.5, 0.6) is 0 Å². The van der Waals surface area contributed by atoms with E-state index in [1.54, 1.807) is 24.3 Å². The third kappa shape index (κ3) is 4.33. The fourth-order valence-corrected chi connectivity index (χ4v) is 0.905. The van der Waals surface area contributed by atoms with Crippen molar-refractivity contribution in [3.8, 4) is 0 Å². The molecular weight excluding hydrogens is 226 g/mol. The molecule has 0 fully saturated rings. The maximum atomic E-state index is 5.22. The Morgan fingerprint density at radius 2 is 1.81 bits per heavy atom. The lowest BCUT2D eigenvalue weighted by Crippen LogP contribution is -2.73. The van der Waals surface area contributed by atoms with Gasteiger partial charge >= 0.3 is 5.11 Å². The second-order valence-corrected chi connectivity index (χ2v) is 3.22. The molecule has 84 valence electrons. The van der Waals surface area contributed by atoms with Gasteiger partial charge in [0.1, 0.15) is 5.69 Å². The van der Waals surface area contributed by atoms with E-state index in [2.05, 4.69) is 33.0 Å². The lowest BCUT2D eigenvalue weighted by molar-refractivity contribution is -0.395. The van der Waals surface area contributed by atoms with Gasteiger partial charge in [-0.05, 0) is 24.3 Å². The number of azo groups is 1. The molecule has 0 saturated carbocycles. The number of rotatable bonds is 3. The highest BCUT2D eigenvalue weighted by Gasteiger charge is 1.94. The molecule has 0 aliphatic carbocycles. The Hall–Kier alpha value is -2.22. The molecule has 7 nitrogen and oxygen atoms in total. The van der Waals surface area contributed by atoms with Gasteiger partial charge in [0.15, 0.2) is 0 Å². The second-order valence-electron chi connectivity index (χ2n) is 2.78. The average molecular weight is 238 g/mol. The third-order valence-electron chi connectivity index (χ3n) is 1.48. The van der Waals surface area contributed by atoms with Gasteiger partial charge < -0.3 is 11.5 Å². The Balaban J connectivity index is 2.68. The topological polar surface area (TPSA) is 129 Å². The zero-order valence-electron chi connectivity index (χ0n) is 8.34. The van der Waals surface area contributed by atoms with Crippen molar-refractivity contribution in [1.29, 1.82) is 0 Å². The number of guanidine groups is 1. The molecule has 8 heteroatoms. The molecule has 0 unspecified atom stereocenters. The molecule has 1 aromatic carbocycles. The van der Waals surface area contributed by atoms with Crippen molar-refractivity contribution in [2.45, 2.75) is 0 Å². The van der Waals surface area contributed by atoms with E-state index in [0.717, 1.165) is 5.69 Å². The van der Waals surface area contributed by atoms with E-state index >= 15 is 0 Å². The monoisotopic (exact) mass is 238 g/mol. The van der Waals surface area contributed by atoms with Crippen molar-refractivity contribution in [3.05, 3.63) is 24.3 Å². The van der Waals surface area contributed by atoms with Crippen LogP contribution in [0.1, 0.15) is 0 Å². The molecular formula is C8H12N7S+. The van der Waals surface area contributed by atoms with Gasteiger partial charge in [-0.3, -0.25) is 11.2 Å². The van der Waals surface area contributed by atoms with Crippen LogP contribution in [0.3, 0.4) is 0 Å². The van der Waals surface area contributed by atoms with Crippen LogP contribution in [0, 0.1) is 0 Å². The number of benzene rings is 1. The summed E-state index contributed by atoms with van der Waals surface area (Å²) in [7, 11) is 0. The number of hydrogen-bond acceptors (Lipinski definition) is 4. The van der Waals surface area contributed by atoms with E-state index < -0.39 is 0 Å². The summed E-state index contributed by atoms with van der Waals surface area (Å²) in [5.74, 6) is -0.0380. The van der Waals surface area contributed by atoms with Gasteiger partial charge in [-0.15, -0.1) is 10.2 Å². The highest BCUT2D eigenvalue weighted by Crippen LogP contribution is 2.14. The molecule has 1 rings (SSSR count). The molecule has 0 bridgehead atoms. The van der Waals surface area contributed by atoms with Crippen molar-refractivity contribution < 1.29 is 5.11 Å². The standard InChI is InChI=1S/C8H11N7S/c9-7(10)14-12-5-1-3-6(4-2-5)13-15-8(11)16/h1-4,12H,(H2,11,16)(H4,9,10,14)/p+1. The highest BCUT2D eigenvalue weighted by molar-refractivity contribution is 7.79. The smallest absolute Gasteiger partial charge is 0.360 e. The molecule has 0 spiro atoms. The van der Waals surface area contributed by atoms with Gasteiger partial charge in [0.25, 0.3) is 0 Å². The van der Waals surface area contributed by atoms with E-state index in [-0.39, 0.29) is 11.1 Å². The summed E-state index contributed by atoms with van der Waals surface area (Å²) < 4.78 is 0. The number of thiocarbonyl (C=S) groups is 1. The molecule has 0 aliphatic heterocycles. The van der Waals surface area contributed by atoms with Crippen LogP contribution in [0.25, 0.3) is 0 Å². The summed E-state index contributed by atoms with van der Waals surface area (Å²) >= 11 is 4.61. The number of hydrogen-bond donors (Lipinski definition) is 5. The van der Waals surface area contributed by atoms with Crippen LogP contribution in [-0.4, -0.2) is 11.1 Å². The maximum Gasteiger partial charge on any atom is 0.360 e. The fourth-order valence-electron chi connectivity index (χ4n) is 0.859. The van der Waals surface area contributed by atoms with Crippen LogP contribution in [-0.2, 0) is 0 Å². The van der Waals surface area contributed by atoms with Gasteiger partial charge in [-0.1, -0.05) is 5.11 Å². The van der Waals surface area contributed by atoms with Crippen molar-refractivity contribution in [2.24, 2.45) is 27.4 Å². The van der Waals surface area contributed by atoms with Crippen molar-refractivity contribution in [1.82, 2.24) is 0 Å². The maximum absolute atomic E-state index is 5.22. The summed E-state index contributed by atoms with van der Waals surface area (Å²) in [6, 6.07) is 7.00. The van der Waals surface area contributed by atoms with E-state index in [1.807, 2.05) is 0 Å². The summed E-state index contributed by atoms with van der Waals surface area (Å²) in [5, 5.41) is 10.1. The van der Waals surface area contributed by atoms with Gasteiger partial charge in [0.05, 0.1) is 5.69 Å². The Morgan fingerprint density at radius 1 is 1.19 bits per heavy atom. The first-order chi connectivity index (χ1) is 7.58. The number of nitrogens with two attached hydrogens (primary N) is 3. The lowest BCUT2D eigenvalue weighted by atomic mass is 10.3. The molecule has 1 aromatic rings. The highest BCUT2D eigenvalue weighted by atomic mass is 32.1. The van der Waals surface area contributed by atoms with E-state index in [1.165, 1.54) is 0 Å². The number of nitrogens with one attached hydrogen (secondary N) is 2. The summed E-state index contributed by atoms with van der Waals surface area (Å²) in [4.78, 5) is 0. The molecule has 0 atom stereocenters. The summed E-state index contributed by atoms with van der Waals surface area (Å²) in [6.45, 7) is 0. The fraction of sp³-hybridized carbons (Fsp3) is 0. The van der Waals surface area contributed by atoms with Crippen LogP contribution >= 0.6 is 12.2 Å². The van der Waals surface area contributed by atoms with Gasteiger partial charge in [-0.25, -0.2) is 0 Å². The molecule has 0 amide bonds. The summed E-state index contributed by atoms with van der Waals surface area (Å²) in [5.41, 5.74) is 19.6. The van der Waals surface area contributed by atoms with E-state index in [0.29, 0.717) is 5.69 Å². The molecule has 0 aliphatic rings. The minimum atomic E-state index is -0.0380. The quantitative estimate of drug-likeness (QED) is 0.147. The van der Waals surface area contributed by atoms with Crippen molar-refractivity contribution in [3.63, 3.8) is 0 Å². The van der Waals surface area contributed by atoms with Gasteiger partial charge in [0, 0.05) is 12.2 Å². The Bertz CT molecular complexity index is 419. The first kappa shape index (κ1) is 11.9. The average Bonchev–Trinajstić information content (AvgIpc) is 2.25. The molecule has 16 heavy (non-hydrogen) atoms. The largest absolute Gasteiger partial charge is 0.369 e. The summed E-state index contributed by atoms with van der Waals surface area (Å²) in [6.07, 6.45) is 0. The van der Waals surface area contributed by atoms with E-state index in [4.69, 9.17) is 17.2 Å². The first-order valence-corrected chi connectivity index (χ1v) is 4.69. The van der Waals surface area contributed by atoms with Gasteiger partial charge in [0.2, 0.25) is 5.96 Å². The molecule has 0 aromatic heterocycles. The van der Waals surface area contributed by atoms with E-state index in [9.17, 15) is 0 Å². The Morgan fingerprint density at radius 3 is 2.31 bits per heavy atom. The Kier molecular flexibility index (Phi) is 4.16. The molecule has 0 radical (unpaired) electrons. The van der Waals surface area contributed by atoms with Crippen LogP contribution in [0.4, 0.5) is 11.4 Å². The zero-order chi connectivity index (χ0) is 12.0. The SMILES string of the molecule is NC(=S)[NH+]=Nc1ccc(NN=C(N)N)cc1. The molecule has 8 N–H and O–H groups in total. The van der Waals surface area contributed by atoms with Crippen LogP contribution < -0.4 is 27.7 Å². The number of hydrazone groups is 1. The minimum Gasteiger partial charge on any atom is -0.369 e. The Labute approximate surface area is 97.4 Å². The van der Waals surface area contributed by atoms with Crippen LogP contribution in [0.15, 0.2) is 34.5 Å². The second kappa shape index (κ2) is 5.61. The number of nitrogens with zero attached hydrogens (tertiary/aromatic N) is 2. The molecule has 0 saturated heterocycles. The predicted molar refractivity (Wildman–Crippen MR) is 65.7 cm³/mol. The first-order valence-electron chi connectivity index (χ1n) is 4.29. The van der Waals surface area contributed by atoms with Crippen molar-refractivity contribution in [2.75, 3.05) is 5.43 Å². The van der Waals surface area contributed by atoms with Crippen LogP contribution in [0.2, 0.25) is 0 Å². The van der Waals surface area contributed by atoms with Crippen molar-refractivity contribution >= 4 is 34.7 Å².